The van der Waals surface area contributed by atoms with Gasteiger partial charge in [-0.15, -0.1) is 11.3 Å². The van der Waals surface area contributed by atoms with E-state index >= 15 is 0 Å². The van der Waals surface area contributed by atoms with Gasteiger partial charge in [-0.3, -0.25) is 0 Å². The molecule has 8 aromatic rings. The molecule has 0 aliphatic carbocycles. The summed E-state index contributed by atoms with van der Waals surface area (Å²) in [6, 6.07) is 44.4. The highest BCUT2D eigenvalue weighted by molar-refractivity contribution is 8.00. The minimum Gasteiger partial charge on any atom is -0.368 e. The van der Waals surface area contributed by atoms with Crippen LogP contribution in [0, 0.1) is 0 Å². The highest BCUT2D eigenvalue weighted by Crippen LogP contribution is 2.53. The molecule has 6 aromatic carbocycles. The van der Waals surface area contributed by atoms with E-state index in [-0.39, 0.29) is 5.37 Å². The summed E-state index contributed by atoms with van der Waals surface area (Å²) in [7, 11) is 0. The number of nitrogens with zero attached hydrogens (tertiary/aromatic N) is 1. The van der Waals surface area contributed by atoms with E-state index in [1.165, 1.54) is 74.6 Å². The molecule has 1 N–H and O–H groups in total. The average molecular weight is 535 g/mol. The Morgan fingerprint density at radius 1 is 0.538 bits per heavy atom. The first-order valence-corrected chi connectivity index (χ1v) is 14.9. The van der Waals surface area contributed by atoms with Crippen LogP contribution in [-0.2, 0) is 0 Å². The largest absolute Gasteiger partial charge is 0.368 e. The standard InChI is InChI=1S/C35H22N2S2/c1-2-10-22-21(9-1)25(17-18-29(22)37-27-14-6-3-11-23(27)24-12-4-7-15-28(24)37)35-36-34-32(39-35)20-19-31-33(34)26-13-5-8-16-30(26)38-31/h1-20,35-36H. The van der Waals surface area contributed by atoms with Gasteiger partial charge < -0.3 is 9.88 Å². The molecule has 0 spiro atoms. The van der Waals surface area contributed by atoms with E-state index in [1.54, 1.807) is 0 Å². The monoisotopic (exact) mass is 534 g/mol. The number of thioether (sulfide) groups is 1. The molecule has 0 fully saturated rings. The Morgan fingerprint density at radius 3 is 1.95 bits per heavy atom. The van der Waals surface area contributed by atoms with Crippen LogP contribution in [0.5, 0.6) is 0 Å². The molecule has 2 nitrogen and oxygen atoms in total. The number of thiophene rings is 1. The predicted octanol–water partition coefficient (Wildman–Crippen LogP) is 10.5. The third-order valence-corrected chi connectivity index (χ3v) is 10.4. The molecular formula is C35H22N2S2. The van der Waals surface area contributed by atoms with Crippen molar-refractivity contribution in [3.8, 4) is 5.69 Å². The van der Waals surface area contributed by atoms with Crippen LogP contribution in [-0.4, -0.2) is 4.57 Å². The van der Waals surface area contributed by atoms with Crippen molar-refractivity contribution in [3.05, 3.63) is 127 Å². The SMILES string of the molecule is c1ccc2c(c1)sc1ccc3c(c12)NC(c1ccc(-n2c4ccccc4c4ccccc42)c2ccccc12)S3. The average Bonchev–Trinajstić information content (AvgIpc) is 3.68. The van der Waals surface area contributed by atoms with Crippen molar-refractivity contribution < 1.29 is 0 Å². The summed E-state index contributed by atoms with van der Waals surface area (Å²) in [6.07, 6.45) is 0. The number of anilines is 1. The second-order valence-corrected chi connectivity index (χ2v) is 12.4. The van der Waals surface area contributed by atoms with Gasteiger partial charge in [0.2, 0.25) is 0 Å². The molecule has 0 bridgehead atoms. The molecule has 0 saturated heterocycles. The molecule has 184 valence electrons. The number of nitrogens with one attached hydrogen (secondary N) is 1. The molecule has 9 rings (SSSR count). The summed E-state index contributed by atoms with van der Waals surface area (Å²) in [5.41, 5.74) is 6.30. The van der Waals surface area contributed by atoms with Crippen molar-refractivity contribution in [1.29, 1.82) is 0 Å². The normalized spacial score (nSPS) is 15.0. The maximum Gasteiger partial charge on any atom is 0.103 e. The van der Waals surface area contributed by atoms with E-state index in [4.69, 9.17) is 0 Å². The Hall–Kier alpha value is -4.25. The van der Waals surface area contributed by atoms with Crippen LogP contribution in [0.2, 0.25) is 0 Å². The first kappa shape index (κ1) is 21.7. The van der Waals surface area contributed by atoms with Crippen molar-refractivity contribution in [2.24, 2.45) is 0 Å². The number of aromatic nitrogens is 1. The maximum absolute atomic E-state index is 3.94. The number of fused-ring (bicyclic) bond motifs is 9. The quantitative estimate of drug-likeness (QED) is 0.238. The van der Waals surface area contributed by atoms with Gasteiger partial charge in [0.25, 0.3) is 0 Å². The van der Waals surface area contributed by atoms with Gasteiger partial charge in [-0.1, -0.05) is 96.7 Å². The third-order valence-electron chi connectivity index (χ3n) is 8.06. The zero-order valence-corrected chi connectivity index (χ0v) is 22.5. The molecule has 1 aliphatic heterocycles. The predicted molar refractivity (Wildman–Crippen MR) is 170 cm³/mol. The van der Waals surface area contributed by atoms with E-state index < -0.39 is 0 Å². The van der Waals surface area contributed by atoms with Gasteiger partial charge in [0.1, 0.15) is 5.37 Å². The highest BCUT2D eigenvalue weighted by Gasteiger charge is 2.28. The third kappa shape index (κ3) is 3.04. The Bertz CT molecular complexity index is 2200. The number of rotatable bonds is 2. The summed E-state index contributed by atoms with van der Waals surface area (Å²) in [5.74, 6) is 0. The lowest BCUT2D eigenvalue weighted by Crippen LogP contribution is -2.04. The molecule has 39 heavy (non-hydrogen) atoms. The Balaban J connectivity index is 1.24. The molecule has 1 aliphatic rings. The summed E-state index contributed by atoms with van der Waals surface area (Å²) in [5, 5.41) is 11.9. The van der Waals surface area contributed by atoms with E-state index in [2.05, 4.69) is 131 Å². The lowest BCUT2D eigenvalue weighted by molar-refractivity contribution is 1.14. The van der Waals surface area contributed by atoms with Gasteiger partial charge >= 0.3 is 0 Å². The van der Waals surface area contributed by atoms with Gasteiger partial charge in [-0.25, -0.2) is 0 Å². The molecule has 1 unspecified atom stereocenters. The first-order valence-electron chi connectivity index (χ1n) is 13.2. The fraction of sp³-hybridized carbons (Fsp3) is 0.0286. The number of hydrogen-bond donors (Lipinski definition) is 1. The smallest absolute Gasteiger partial charge is 0.103 e. The maximum atomic E-state index is 3.94. The summed E-state index contributed by atoms with van der Waals surface area (Å²) < 4.78 is 5.12. The van der Waals surface area contributed by atoms with Crippen LogP contribution in [0.4, 0.5) is 5.69 Å². The van der Waals surface area contributed by atoms with Crippen LogP contribution >= 0.6 is 23.1 Å². The van der Waals surface area contributed by atoms with Crippen LogP contribution in [0.3, 0.4) is 0 Å². The molecule has 3 heterocycles. The topological polar surface area (TPSA) is 17.0 Å². The number of benzene rings is 6. The fourth-order valence-corrected chi connectivity index (χ4v) is 8.68. The van der Waals surface area contributed by atoms with E-state index in [1.807, 2.05) is 23.1 Å². The minimum atomic E-state index is 0.154. The first-order chi connectivity index (χ1) is 19.3. The van der Waals surface area contributed by atoms with Gasteiger partial charge in [0, 0.05) is 41.2 Å². The fourth-order valence-electron chi connectivity index (χ4n) is 6.38. The molecule has 1 atom stereocenters. The van der Waals surface area contributed by atoms with Crippen LogP contribution in [0.25, 0.3) is 58.4 Å². The van der Waals surface area contributed by atoms with Crippen LogP contribution in [0.15, 0.2) is 126 Å². The second kappa shape index (κ2) is 8.12. The van der Waals surface area contributed by atoms with Crippen molar-refractivity contribution in [1.82, 2.24) is 4.57 Å². The Labute approximate surface area is 233 Å². The van der Waals surface area contributed by atoms with Crippen molar-refractivity contribution >= 4 is 81.5 Å². The van der Waals surface area contributed by atoms with Crippen molar-refractivity contribution in [2.45, 2.75) is 10.3 Å². The lowest BCUT2D eigenvalue weighted by atomic mass is 10.0. The zero-order chi connectivity index (χ0) is 25.5. The Morgan fingerprint density at radius 2 is 1.18 bits per heavy atom. The minimum absolute atomic E-state index is 0.154. The van der Waals surface area contributed by atoms with Crippen LogP contribution < -0.4 is 5.32 Å². The molecule has 4 heteroatoms. The molecule has 2 aromatic heterocycles. The van der Waals surface area contributed by atoms with E-state index in [0.717, 1.165) is 0 Å². The number of para-hydroxylation sites is 2. The van der Waals surface area contributed by atoms with Gasteiger partial charge in [-0.05, 0) is 47.3 Å². The van der Waals surface area contributed by atoms with E-state index in [9.17, 15) is 0 Å². The molecule has 0 saturated carbocycles. The van der Waals surface area contributed by atoms with Gasteiger partial charge in [0.05, 0.1) is 22.4 Å². The van der Waals surface area contributed by atoms with Crippen molar-refractivity contribution in [3.63, 3.8) is 0 Å². The van der Waals surface area contributed by atoms with Gasteiger partial charge in [0.15, 0.2) is 0 Å². The second-order valence-electron chi connectivity index (χ2n) is 10.1. The highest BCUT2D eigenvalue weighted by atomic mass is 32.2. The van der Waals surface area contributed by atoms with Crippen molar-refractivity contribution in [2.75, 3.05) is 5.32 Å². The molecule has 0 amide bonds. The lowest BCUT2D eigenvalue weighted by Gasteiger charge is -2.18. The number of hydrogen-bond acceptors (Lipinski definition) is 3. The van der Waals surface area contributed by atoms with Gasteiger partial charge in [-0.2, -0.15) is 0 Å². The Kier molecular flexibility index (Phi) is 4.51. The summed E-state index contributed by atoms with van der Waals surface area (Å²) in [6.45, 7) is 0. The zero-order valence-electron chi connectivity index (χ0n) is 20.9. The molecular weight excluding hydrogens is 513 g/mol. The van der Waals surface area contributed by atoms with E-state index in [0.29, 0.717) is 0 Å². The molecule has 0 radical (unpaired) electrons. The summed E-state index contributed by atoms with van der Waals surface area (Å²) in [4.78, 5) is 1.33. The summed E-state index contributed by atoms with van der Waals surface area (Å²) >= 11 is 3.80. The van der Waals surface area contributed by atoms with Crippen LogP contribution in [0.1, 0.15) is 10.9 Å².